The number of rotatable bonds is 2. The molecule has 2 aromatic rings. The molecule has 0 radical (unpaired) electrons. The molecular formula is C12H14ClN3OS. The first-order valence-corrected chi connectivity index (χ1v) is 7.02. The molecule has 0 spiro atoms. The maximum atomic E-state index is 5.94. The zero-order valence-electron chi connectivity index (χ0n) is 10.0. The third kappa shape index (κ3) is 2.31. The molecule has 1 saturated heterocycles. The second kappa shape index (κ2) is 5.01. The first kappa shape index (κ1) is 12.2. The number of halogens is 1. The number of aromatic amines is 1. The number of morpholine rings is 1. The fourth-order valence-electron chi connectivity index (χ4n) is 2.06. The smallest absolute Gasteiger partial charge is 0.126 e. The highest BCUT2D eigenvalue weighted by atomic mass is 35.5. The van der Waals surface area contributed by atoms with Gasteiger partial charge in [0, 0.05) is 6.54 Å². The van der Waals surface area contributed by atoms with Gasteiger partial charge in [0.05, 0.1) is 40.4 Å². The van der Waals surface area contributed by atoms with Gasteiger partial charge in [-0.3, -0.25) is 4.90 Å². The molecule has 0 amide bonds. The van der Waals surface area contributed by atoms with Crippen molar-refractivity contribution in [3.8, 4) is 10.6 Å². The van der Waals surface area contributed by atoms with E-state index in [1.54, 1.807) is 11.3 Å². The van der Waals surface area contributed by atoms with Gasteiger partial charge in [0.2, 0.25) is 0 Å². The SMILES string of the molecule is CN1CCOCC1c1ncc(-c2ccc(Cl)s2)[nH]1. The van der Waals surface area contributed by atoms with Crippen molar-refractivity contribution in [3.63, 3.8) is 0 Å². The summed E-state index contributed by atoms with van der Waals surface area (Å²) in [5.41, 5.74) is 1.01. The summed E-state index contributed by atoms with van der Waals surface area (Å²) >= 11 is 7.50. The topological polar surface area (TPSA) is 41.1 Å². The molecule has 6 heteroatoms. The summed E-state index contributed by atoms with van der Waals surface area (Å²) in [6, 6.07) is 4.12. The molecule has 4 nitrogen and oxygen atoms in total. The second-order valence-electron chi connectivity index (χ2n) is 4.36. The molecule has 3 rings (SSSR count). The number of thiophene rings is 1. The fourth-order valence-corrected chi connectivity index (χ4v) is 3.07. The Kier molecular flexibility index (Phi) is 3.39. The lowest BCUT2D eigenvalue weighted by Gasteiger charge is -2.30. The minimum Gasteiger partial charge on any atom is -0.378 e. The van der Waals surface area contributed by atoms with E-state index in [2.05, 4.69) is 21.9 Å². The molecule has 96 valence electrons. The molecule has 0 aliphatic carbocycles. The van der Waals surface area contributed by atoms with Crippen molar-refractivity contribution < 1.29 is 4.74 Å². The van der Waals surface area contributed by atoms with Crippen LogP contribution in [0.4, 0.5) is 0 Å². The van der Waals surface area contributed by atoms with Crippen molar-refractivity contribution in [2.75, 3.05) is 26.8 Å². The van der Waals surface area contributed by atoms with Gasteiger partial charge >= 0.3 is 0 Å². The highest BCUT2D eigenvalue weighted by molar-refractivity contribution is 7.19. The van der Waals surface area contributed by atoms with Gasteiger partial charge < -0.3 is 9.72 Å². The number of nitrogens with one attached hydrogen (secondary N) is 1. The van der Waals surface area contributed by atoms with E-state index < -0.39 is 0 Å². The average molecular weight is 284 g/mol. The largest absolute Gasteiger partial charge is 0.378 e. The quantitative estimate of drug-likeness (QED) is 0.921. The fraction of sp³-hybridized carbons (Fsp3) is 0.417. The number of hydrogen-bond acceptors (Lipinski definition) is 4. The Hall–Kier alpha value is -0.880. The van der Waals surface area contributed by atoms with E-state index in [4.69, 9.17) is 16.3 Å². The predicted molar refractivity (Wildman–Crippen MR) is 73.1 cm³/mol. The standard InChI is InChI=1S/C12H14ClN3OS/c1-16-4-5-17-7-9(16)12-14-6-8(15-12)10-2-3-11(13)18-10/h2-3,6,9H,4-5,7H2,1H3,(H,14,15). The maximum absolute atomic E-state index is 5.94. The van der Waals surface area contributed by atoms with Gasteiger partial charge in [-0.25, -0.2) is 4.98 Å². The molecule has 1 fully saturated rings. The first-order valence-electron chi connectivity index (χ1n) is 5.82. The number of hydrogen-bond donors (Lipinski definition) is 1. The van der Waals surface area contributed by atoms with Crippen molar-refractivity contribution in [3.05, 3.63) is 28.5 Å². The van der Waals surface area contributed by atoms with Crippen LogP contribution in [0.15, 0.2) is 18.3 Å². The summed E-state index contributed by atoms with van der Waals surface area (Å²) < 4.78 is 6.30. The summed E-state index contributed by atoms with van der Waals surface area (Å²) in [7, 11) is 2.09. The minimum absolute atomic E-state index is 0.211. The van der Waals surface area contributed by atoms with E-state index in [0.717, 1.165) is 33.9 Å². The summed E-state index contributed by atoms with van der Waals surface area (Å²) in [4.78, 5) is 11.2. The average Bonchev–Trinajstić information content (AvgIpc) is 2.98. The molecule has 1 atom stereocenters. The van der Waals surface area contributed by atoms with Crippen LogP contribution in [-0.2, 0) is 4.74 Å². The molecule has 3 heterocycles. The molecule has 1 aliphatic rings. The number of H-pyrrole nitrogens is 1. The Morgan fingerprint density at radius 1 is 1.56 bits per heavy atom. The number of ether oxygens (including phenoxy) is 1. The van der Waals surface area contributed by atoms with Gasteiger partial charge in [0.1, 0.15) is 5.82 Å². The Labute approximate surface area is 115 Å². The van der Waals surface area contributed by atoms with Crippen LogP contribution in [0.1, 0.15) is 11.9 Å². The van der Waals surface area contributed by atoms with E-state index in [9.17, 15) is 0 Å². The van der Waals surface area contributed by atoms with E-state index in [-0.39, 0.29) is 6.04 Å². The molecule has 1 unspecified atom stereocenters. The van der Waals surface area contributed by atoms with Crippen molar-refractivity contribution in [2.45, 2.75) is 6.04 Å². The van der Waals surface area contributed by atoms with Crippen molar-refractivity contribution in [1.82, 2.24) is 14.9 Å². The molecule has 0 saturated carbocycles. The molecule has 2 aromatic heterocycles. The van der Waals surface area contributed by atoms with Gasteiger partial charge in [-0.1, -0.05) is 11.6 Å². The molecule has 0 aromatic carbocycles. The van der Waals surface area contributed by atoms with Crippen molar-refractivity contribution in [1.29, 1.82) is 0 Å². The highest BCUT2D eigenvalue weighted by Crippen LogP contribution is 2.31. The molecule has 18 heavy (non-hydrogen) atoms. The Morgan fingerprint density at radius 3 is 3.17 bits per heavy atom. The summed E-state index contributed by atoms with van der Waals surface area (Å²) in [5.74, 6) is 0.955. The molecule has 0 bridgehead atoms. The monoisotopic (exact) mass is 283 g/mol. The van der Waals surface area contributed by atoms with Gasteiger partial charge in [-0.2, -0.15) is 0 Å². The predicted octanol–water partition coefficient (Wildman–Crippen LogP) is 2.79. The van der Waals surface area contributed by atoms with Crippen LogP contribution in [0.3, 0.4) is 0 Å². The third-order valence-corrected chi connectivity index (χ3v) is 4.41. The van der Waals surface area contributed by atoms with E-state index in [0.29, 0.717) is 6.61 Å². The normalized spacial score (nSPS) is 21.3. The lowest BCUT2D eigenvalue weighted by molar-refractivity contribution is 0.00215. The van der Waals surface area contributed by atoms with E-state index in [1.807, 2.05) is 18.3 Å². The van der Waals surface area contributed by atoms with Crippen LogP contribution < -0.4 is 0 Å². The zero-order chi connectivity index (χ0) is 12.5. The van der Waals surface area contributed by atoms with Crippen molar-refractivity contribution in [2.24, 2.45) is 0 Å². The van der Waals surface area contributed by atoms with Gasteiger partial charge in [0.15, 0.2) is 0 Å². The van der Waals surface area contributed by atoms with E-state index in [1.165, 1.54) is 0 Å². The Bertz CT molecular complexity index is 539. The summed E-state index contributed by atoms with van der Waals surface area (Å²) in [5, 5.41) is 0. The molecular weight excluding hydrogens is 270 g/mol. The van der Waals surface area contributed by atoms with E-state index >= 15 is 0 Å². The summed E-state index contributed by atoms with van der Waals surface area (Å²) in [6.45, 7) is 2.42. The van der Waals surface area contributed by atoms with Crippen LogP contribution >= 0.6 is 22.9 Å². The minimum atomic E-state index is 0.211. The second-order valence-corrected chi connectivity index (χ2v) is 6.07. The van der Waals surface area contributed by atoms with Crippen molar-refractivity contribution >= 4 is 22.9 Å². The van der Waals surface area contributed by atoms with Crippen LogP contribution in [0.2, 0.25) is 4.34 Å². The van der Waals surface area contributed by atoms with Crippen LogP contribution in [0.25, 0.3) is 10.6 Å². The van der Waals surface area contributed by atoms with Crippen LogP contribution in [-0.4, -0.2) is 41.7 Å². The third-order valence-electron chi connectivity index (χ3n) is 3.15. The zero-order valence-corrected chi connectivity index (χ0v) is 11.6. The number of imidazole rings is 1. The molecule has 1 N–H and O–H groups in total. The maximum Gasteiger partial charge on any atom is 0.126 e. The Balaban J connectivity index is 1.84. The Morgan fingerprint density at radius 2 is 2.44 bits per heavy atom. The van der Waals surface area contributed by atoms with Gasteiger partial charge in [-0.15, -0.1) is 11.3 Å². The first-order chi connectivity index (χ1) is 8.74. The van der Waals surface area contributed by atoms with Gasteiger partial charge in [-0.05, 0) is 19.2 Å². The number of likely N-dealkylation sites (N-methyl/N-ethyl adjacent to an activating group) is 1. The number of nitrogens with zero attached hydrogens (tertiary/aromatic N) is 2. The van der Waals surface area contributed by atoms with Gasteiger partial charge in [0.25, 0.3) is 0 Å². The van der Waals surface area contributed by atoms with Crippen LogP contribution in [0.5, 0.6) is 0 Å². The number of aromatic nitrogens is 2. The molecule has 1 aliphatic heterocycles. The summed E-state index contributed by atoms with van der Waals surface area (Å²) in [6.07, 6.45) is 1.86. The lowest BCUT2D eigenvalue weighted by Crippen LogP contribution is -2.37. The highest BCUT2D eigenvalue weighted by Gasteiger charge is 2.24. The van der Waals surface area contributed by atoms with Crippen LogP contribution in [0, 0.1) is 0 Å². The lowest BCUT2D eigenvalue weighted by atomic mass is 10.2.